The van der Waals surface area contributed by atoms with Gasteiger partial charge < -0.3 is 25.4 Å². The standard InChI is InChI=1S/C28H41N3O4/c1-27(2,3)21-7-11-23(12-8-21)34-19-25(32)30-17-15-29-16-18-31-26(33)20-35-24-13-9-22(10-14-24)28(4,5)6/h7-14,29H,15-20H2,1-6H3,(H,30,32)(H,31,33). The summed E-state index contributed by atoms with van der Waals surface area (Å²) in [5, 5.41) is 8.79. The van der Waals surface area contributed by atoms with E-state index in [0.717, 1.165) is 0 Å². The predicted molar refractivity (Wildman–Crippen MR) is 140 cm³/mol. The van der Waals surface area contributed by atoms with Gasteiger partial charge in [-0.2, -0.15) is 0 Å². The lowest BCUT2D eigenvalue weighted by molar-refractivity contribution is -0.123. The van der Waals surface area contributed by atoms with Crippen LogP contribution in [0.5, 0.6) is 11.5 Å². The predicted octanol–water partition coefficient (Wildman–Crippen LogP) is 3.56. The first-order valence-corrected chi connectivity index (χ1v) is 12.2. The lowest BCUT2D eigenvalue weighted by Gasteiger charge is -2.19. The number of nitrogens with one attached hydrogen (secondary N) is 3. The molecule has 7 nitrogen and oxygen atoms in total. The zero-order chi connectivity index (χ0) is 25.9. The molecule has 2 aromatic carbocycles. The van der Waals surface area contributed by atoms with Crippen molar-refractivity contribution in [1.29, 1.82) is 0 Å². The maximum atomic E-state index is 11.9. The molecule has 2 amide bonds. The van der Waals surface area contributed by atoms with E-state index in [4.69, 9.17) is 9.47 Å². The number of amides is 2. The summed E-state index contributed by atoms with van der Waals surface area (Å²) in [6.07, 6.45) is 0. The highest BCUT2D eigenvalue weighted by molar-refractivity contribution is 5.77. The highest BCUT2D eigenvalue weighted by Crippen LogP contribution is 2.25. The van der Waals surface area contributed by atoms with Crippen molar-refractivity contribution in [3.05, 3.63) is 59.7 Å². The molecule has 0 aromatic heterocycles. The largest absolute Gasteiger partial charge is 0.484 e. The smallest absolute Gasteiger partial charge is 0.257 e. The van der Waals surface area contributed by atoms with Crippen LogP contribution >= 0.6 is 0 Å². The summed E-state index contributed by atoms with van der Waals surface area (Å²) in [7, 11) is 0. The molecular weight excluding hydrogens is 442 g/mol. The Labute approximate surface area is 210 Å². The van der Waals surface area contributed by atoms with Crippen molar-refractivity contribution in [1.82, 2.24) is 16.0 Å². The van der Waals surface area contributed by atoms with Gasteiger partial charge >= 0.3 is 0 Å². The van der Waals surface area contributed by atoms with Crippen molar-refractivity contribution in [3.8, 4) is 11.5 Å². The molecule has 0 bridgehead atoms. The zero-order valence-electron chi connectivity index (χ0n) is 22.0. The minimum Gasteiger partial charge on any atom is -0.484 e. The van der Waals surface area contributed by atoms with E-state index in [0.29, 0.717) is 37.7 Å². The molecule has 0 spiro atoms. The van der Waals surface area contributed by atoms with Crippen molar-refractivity contribution >= 4 is 11.8 Å². The van der Waals surface area contributed by atoms with Gasteiger partial charge in [0.25, 0.3) is 11.8 Å². The van der Waals surface area contributed by atoms with Gasteiger partial charge in [-0.3, -0.25) is 9.59 Å². The fourth-order valence-electron chi connectivity index (χ4n) is 3.21. The van der Waals surface area contributed by atoms with Crippen LogP contribution in [0, 0.1) is 0 Å². The third-order valence-electron chi connectivity index (χ3n) is 5.43. The van der Waals surface area contributed by atoms with Gasteiger partial charge in [-0.1, -0.05) is 65.8 Å². The summed E-state index contributed by atoms with van der Waals surface area (Å²) < 4.78 is 11.1. The minimum atomic E-state index is -0.173. The quantitative estimate of drug-likeness (QED) is 0.402. The zero-order valence-corrected chi connectivity index (χ0v) is 22.0. The Morgan fingerprint density at radius 2 is 0.943 bits per heavy atom. The Morgan fingerprint density at radius 1 is 0.600 bits per heavy atom. The number of benzene rings is 2. The molecule has 0 saturated heterocycles. The van der Waals surface area contributed by atoms with Crippen LogP contribution in [0.4, 0.5) is 0 Å². The number of rotatable bonds is 12. The SMILES string of the molecule is CC(C)(C)c1ccc(OCC(=O)NCCNCCNC(=O)COc2ccc(C(C)(C)C)cc2)cc1. The number of hydrogen-bond acceptors (Lipinski definition) is 5. The maximum absolute atomic E-state index is 11.9. The average molecular weight is 484 g/mol. The summed E-state index contributed by atoms with van der Waals surface area (Å²) in [6.45, 7) is 15.0. The van der Waals surface area contributed by atoms with Crippen LogP contribution in [0.3, 0.4) is 0 Å². The van der Waals surface area contributed by atoms with Crippen molar-refractivity contribution in [2.45, 2.75) is 52.4 Å². The van der Waals surface area contributed by atoms with E-state index < -0.39 is 0 Å². The van der Waals surface area contributed by atoms with Gasteiger partial charge in [0.15, 0.2) is 13.2 Å². The summed E-state index contributed by atoms with van der Waals surface area (Å²) >= 11 is 0. The second-order valence-electron chi connectivity index (χ2n) is 10.6. The normalized spacial score (nSPS) is 11.6. The molecule has 192 valence electrons. The van der Waals surface area contributed by atoms with Gasteiger partial charge in [0.1, 0.15) is 11.5 Å². The van der Waals surface area contributed by atoms with Crippen LogP contribution < -0.4 is 25.4 Å². The molecule has 0 unspecified atom stereocenters. The van der Waals surface area contributed by atoms with E-state index in [9.17, 15) is 9.59 Å². The minimum absolute atomic E-state index is 0.0240. The van der Waals surface area contributed by atoms with Crippen LogP contribution in [0.15, 0.2) is 48.5 Å². The molecule has 3 N–H and O–H groups in total. The Bertz CT molecular complexity index is 849. The van der Waals surface area contributed by atoms with Gasteiger partial charge in [0.2, 0.25) is 0 Å². The third kappa shape index (κ3) is 10.8. The molecule has 0 heterocycles. The van der Waals surface area contributed by atoms with E-state index in [-0.39, 0.29) is 35.9 Å². The maximum Gasteiger partial charge on any atom is 0.257 e. The van der Waals surface area contributed by atoms with Crippen molar-refractivity contribution in [3.63, 3.8) is 0 Å². The summed E-state index contributed by atoms with van der Waals surface area (Å²) in [5.74, 6) is 1.00. The van der Waals surface area contributed by atoms with Crippen LogP contribution in [-0.4, -0.2) is 51.2 Å². The molecule has 0 atom stereocenters. The lowest BCUT2D eigenvalue weighted by atomic mass is 9.87. The Balaban J connectivity index is 1.50. The lowest BCUT2D eigenvalue weighted by Crippen LogP contribution is -2.38. The number of carbonyl (C=O) groups is 2. The first-order valence-electron chi connectivity index (χ1n) is 12.2. The summed E-state index contributed by atoms with van der Waals surface area (Å²) in [4.78, 5) is 23.9. The molecular formula is C28H41N3O4. The molecule has 0 aliphatic heterocycles. The Morgan fingerprint density at radius 3 is 1.26 bits per heavy atom. The highest BCUT2D eigenvalue weighted by Gasteiger charge is 2.14. The first kappa shape index (κ1) is 28.2. The molecule has 7 heteroatoms. The third-order valence-corrected chi connectivity index (χ3v) is 5.43. The second kappa shape index (κ2) is 13.1. The van der Waals surface area contributed by atoms with E-state index in [2.05, 4.69) is 57.5 Å². The molecule has 2 aromatic rings. The first-order chi connectivity index (χ1) is 16.4. The van der Waals surface area contributed by atoms with Gasteiger partial charge in [0.05, 0.1) is 0 Å². The fourth-order valence-corrected chi connectivity index (χ4v) is 3.21. The van der Waals surface area contributed by atoms with Crippen LogP contribution in [-0.2, 0) is 20.4 Å². The molecule has 0 aliphatic rings. The van der Waals surface area contributed by atoms with E-state index >= 15 is 0 Å². The van der Waals surface area contributed by atoms with Crippen LogP contribution in [0.2, 0.25) is 0 Å². The number of hydrogen-bond donors (Lipinski definition) is 3. The Hall–Kier alpha value is -3.06. The summed E-state index contributed by atoms with van der Waals surface area (Å²) in [6, 6.07) is 15.6. The number of carbonyl (C=O) groups excluding carboxylic acids is 2. The molecule has 0 radical (unpaired) electrons. The monoisotopic (exact) mass is 483 g/mol. The Kier molecular flexibility index (Phi) is 10.6. The second-order valence-corrected chi connectivity index (χ2v) is 10.6. The molecule has 0 fully saturated rings. The van der Waals surface area contributed by atoms with Crippen LogP contribution in [0.1, 0.15) is 52.7 Å². The van der Waals surface area contributed by atoms with Gasteiger partial charge in [-0.15, -0.1) is 0 Å². The molecule has 2 rings (SSSR count). The number of ether oxygens (including phenoxy) is 2. The topological polar surface area (TPSA) is 88.7 Å². The molecule has 0 saturated carbocycles. The summed E-state index contributed by atoms with van der Waals surface area (Å²) in [5.41, 5.74) is 2.60. The molecule has 0 aliphatic carbocycles. The van der Waals surface area contributed by atoms with E-state index in [1.165, 1.54) is 11.1 Å². The van der Waals surface area contributed by atoms with Gasteiger partial charge in [-0.25, -0.2) is 0 Å². The molecule has 35 heavy (non-hydrogen) atoms. The average Bonchev–Trinajstić information content (AvgIpc) is 2.80. The van der Waals surface area contributed by atoms with Gasteiger partial charge in [0, 0.05) is 26.2 Å². The van der Waals surface area contributed by atoms with Crippen LogP contribution in [0.25, 0.3) is 0 Å². The van der Waals surface area contributed by atoms with E-state index in [1.54, 1.807) is 0 Å². The highest BCUT2D eigenvalue weighted by atomic mass is 16.5. The van der Waals surface area contributed by atoms with E-state index in [1.807, 2.05) is 48.5 Å². The van der Waals surface area contributed by atoms with Crippen molar-refractivity contribution < 1.29 is 19.1 Å². The van der Waals surface area contributed by atoms with Crippen molar-refractivity contribution in [2.24, 2.45) is 0 Å². The van der Waals surface area contributed by atoms with Gasteiger partial charge in [-0.05, 0) is 46.2 Å². The fraction of sp³-hybridized carbons (Fsp3) is 0.500. The van der Waals surface area contributed by atoms with Crippen molar-refractivity contribution in [2.75, 3.05) is 39.4 Å².